The van der Waals surface area contributed by atoms with E-state index in [-0.39, 0.29) is 15.7 Å². The highest BCUT2D eigenvalue weighted by Crippen LogP contribution is 2.27. The van der Waals surface area contributed by atoms with Crippen molar-refractivity contribution < 1.29 is 9.90 Å². The summed E-state index contributed by atoms with van der Waals surface area (Å²) in [6.07, 6.45) is 1.47. The standard InChI is InChI=1S/C11H10N4O4S/c1-5-3-4-12-9(6(5)10(18)19)20-11-13-7(16)8(17)14-15(11)2/h3-4H,1-2H3,(H,14,17)(H,18,19). The van der Waals surface area contributed by atoms with Crippen molar-refractivity contribution in [1.82, 2.24) is 19.7 Å². The molecule has 0 aromatic carbocycles. The normalized spacial score (nSPS) is 10.5. The summed E-state index contributed by atoms with van der Waals surface area (Å²) in [6, 6.07) is 1.58. The van der Waals surface area contributed by atoms with Crippen LogP contribution in [-0.2, 0) is 7.05 Å². The Labute approximate surface area is 116 Å². The van der Waals surface area contributed by atoms with Gasteiger partial charge in [-0.15, -0.1) is 0 Å². The Hall–Kier alpha value is -2.42. The largest absolute Gasteiger partial charge is 0.478 e. The van der Waals surface area contributed by atoms with Crippen LogP contribution in [0.3, 0.4) is 0 Å². The van der Waals surface area contributed by atoms with Crippen molar-refractivity contribution in [3.8, 4) is 0 Å². The van der Waals surface area contributed by atoms with E-state index in [1.807, 2.05) is 0 Å². The Morgan fingerprint density at radius 1 is 1.45 bits per heavy atom. The fraction of sp³-hybridized carbons (Fsp3) is 0.182. The highest BCUT2D eigenvalue weighted by atomic mass is 32.2. The summed E-state index contributed by atoms with van der Waals surface area (Å²) in [5.74, 6) is -1.12. The lowest BCUT2D eigenvalue weighted by atomic mass is 10.2. The van der Waals surface area contributed by atoms with Crippen LogP contribution in [0, 0.1) is 6.92 Å². The lowest BCUT2D eigenvalue weighted by molar-refractivity contribution is 0.0691. The summed E-state index contributed by atoms with van der Waals surface area (Å²) >= 11 is 0.896. The van der Waals surface area contributed by atoms with Gasteiger partial charge >= 0.3 is 17.1 Å². The number of aromatic nitrogens is 4. The van der Waals surface area contributed by atoms with Gasteiger partial charge in [-0.3, -0.25) is 19.4 Å². The molecule has 2 rings (SSSR count). The number of rotatable bonds is 3. The van der Waals surface area contributed by atoms with E-state index in [4.69, 9.17) is 0 Å². The van der Waals surface area contributed by atoms with Crippen molar-refractivity contribution in [3.05, 3.63) is 44.1 Å². The summed E-state index contributed by atoms with van der Waals surface area (Å²) < 4.78 is 1.24. The fourth-order valence-corrected chi connectivity index (χ4v) is 2.46. The van der Waals surface area contributed by atoms with Crippen molar-refractivity contribution in [3.63, 3.8) is 0 Å². The second-order valence-corrected chi connectivity index (χ2v) is 4.87. The van der Waals surface area contributed by atoms with Gasteiger partial charge in [0, 0.05) is 13.2 Å². The third-order valence-electron chi connectivity index (χ3n) is 2.47. The summed E-state index contributed by atoms with van der Waals surface area (Å²) in [5.41, 5.74) is -1.19. The molecule has 0 aliphatic heterocycles. The maximum Gasteiger partial charge on any atom is 0.339 e. The highest BCUT2D eigenvalue weighted by molar-refractivity contribution is 7.99. The second-order valence-electron chi connectivity index (χ2n) is 3.91. The molecule has 0 unspecified atom stereocenters. The van der Waals surface area contributed by atoms with E-state index in [1.165, 1.54) is 17.9 Å². The Kier molecular flexibility index (Phi) is 3.70. The smallest absolute Gasteiger partial charge is 0.339 e. The Morgan fingerprint density at radius 2 is 2.15 bits per heavy atom. The zero-order chi connectivity index (χ0) is 14.9. The number of carboxylic acids is 1. The molecule has 2 aromatic rings. The van der Waals surface area contributed by atoms with Crippen LogP contribution in [0.1, 0.15) is 15.9 Å². The SMILES string of the molecule is Cc1ccnc(Sc2nc(=O)c(=O)[nH]n2C)c1C(=O)O. The van der Waals surface area contributed by atoms with Crippen LogP contribution in [0.5, 0.6) is 0 Å². The number of aryl methyl sites for hydroxylation is 2. The minimum Gasteiger partial charge on any atom is -0.478 e. The monoisotopic (exact) mass is 294 g/mol. The Morgan fingerprint density at radius 3 is 2.80 bits per heavy atom. The molecule has 0 atom stereocenters. The Bertz CT molecular complexity index is 796. The molecule has 0 aliphatic rings. The van der Waals surface area contributed by atoms with E-state index in [0.29, 0.717) is 5.56 Å². The molecule has 0 bridgehead atoms. The number of carboxylic acid groups (broad SMARTS) is 1. The average Bonchev–Trinajstić information content (AvgIpc) is 2.35. The third-order valence-corrected chi connectivity index (χ3v) is 3.52. The summed E-state index contributed by atoms with van der Waals surface area (Å²) in [5, 5.41) is 11.8. The van der Waals surface area contributed by atoms with Gasteiger partial charge in [-0.05, 0) is 30.3 Å². The number of aromatic carboxylic acids is 1. The first-order valence-corrected chi connectivity index (χ1v) is 6.26. The van der Waals surface area contributed by atoms with Crippen LogP contribution in [0.2, 0.25) is 0 Å². The number of hydrogen-bond acceptors (Lipinski definition) is 6. The van der Waals surface area contributed by atoms with Crippen LogP contribution in [0.15, 0.2) is 32.0 Å². The first-order valence-electron chi connectivity index (χ1n) is 5.44. The lowest BCUT2D eigenvalue weighted by Gasteiger charge is -2.08. The number of H-pyrrole nitrogens is 1. The van der Waals surface area contributed by atoms with Crippen molar-refractivity contribution in [1.29, 1.82) is 0 Å². The van der Waals surface area contributed by atoms with Crippen LogP contribution in [0.25, 0.3) is 0 Å². The molecule has 20 heavy (non-hydrogen) atoms. The third kappa shape index (κ3) is 2.62. The first kappa shape index (κ1) is 14.0. The van der Waals surface area contributed by atoms with Gasteiger partial charge in [0.2, 0.25) is 0 Å². The molecule has 0 amide bonds. The molecular weight excluding hydrogens is 284 g/mol. The predicted molar refractivity (Wildman–Crippen MR) is 70.2 cm³/mol. The molecular formula is C11H10N4O4S. The lowest BCUT2D eigenvalue weighted by Crippen LogP contribution is -2.33. The van der Waals surface area contributed by atoms with Crippen LogP contribution < -0.4 is 11.1 Å². The molecule has 2 N–H and O–H groups in total. The molecule has 104 valence electrons. The van der Waals surface area contributed by atoms with Crippen molar-refractivity contribution in [2.45, 2.75) is 17.1 Å². The molecule has 0 radical (unpaired) electrons. The van der Waals surface area contributed by atoms with E-state index in [0.717, 1.165) is 11.8 Å². The molecule has 0 saturated heterocycles. The van der Waals surface area contributed by atoms with Crippen molar-refractivity contribution in [2.75, 3.05) is 0 Å². The molecule has 2 heterocycles. The molecule has 8 nitrogen and oxygen atoms in total. The molecule has 9 heteroatoms. The van der Waals surface area contributed by atoms with Gasteiger partial charge in [-0.2, -0.15) is 4.98 Å². The fourth-order valence-electron chi connectivity index (χ4n) is 1.51. The molecule has 2 aromatic heterocycles. The van der Waals surface area contributed by atoms with Gasteiger partial charge in [0.1, 0.15) is 5.03 Å². The van der Waals surface area contributed by atoms with E-state index in [2.05, 4.69) is 15.1 Å². The van der Waals surface area contributed by atoms with E-state index < -0.39 is 17.1 Å². The quantitative estimate of drug-likeness (QED) is 0.766. The maximum atomic E-state index is 11.2. The number of pyridine rings is 1. The number of aromatic amines is 1. The predicted octanol–water partition coefficient (Wildman–Crippen LogP) is 0.0214. The second kappa shape index (κ2) is 5.29. The summed E-state index contributed by atoms with van der Waals surface area (Å²) in [7, 11) is 1.49. The number of carbonyl (C=O) groups is 1. The topological polar surface area (TPSA) is 118 Å². The van der Waals surface area contributed by atoms with E-state index >= 15 is 0 Å². The summed E-state index contributed by atoms with van der Waals surface area (Å²) in [4.78, 5) is 41.2. The summed E-state index contributed by atoms with van der Waals surface area (Å²) in [6.45, 7) is 1.65. The van der Waals surface area contributed by atoms with E-state index in [9.17, 15) is 19.5 Å². The van der Waals surface area contributed by atoms with E-state index in [1.54, 1.807) is 13.0 Å². The van der Waals surface area contributed by atoms with Gasteiger partial charge in [0.25, 0.3) is 0 Å². The number of nitrogens with zero attached hydrogens (tertiary/aromatic N) is 3. The number of nitrogens with one attached hydrogen (secondary N) is 1. The van der Waals surface area contributed by atoms with Crippen molar-refractivity contribution >= 4 is 17.7 Å². The number of hydrogen-bond donors (Lipinski definition) is 2. The highest BCUT2D eigenvalue weighted by Gasteiger charge is 2.17. The van der Waals surface area contributed by atoms with Gasteiger partial charge in [-0.25, -0.2) is 9.78 Å². The minimum atomic E-state index is -1.12. The zero-order valence-electron chi connectivity index (χ0n) is 10.6. The van der Waals surface area contributed by atoms with Crippen molar-refractivity contribution in [2.24, 2.45) is 7.05 Å². The molecule has 0 fully saturated rings. The molecule has 0 saturated carbocycles. The van der Waals surface area contributed by atoms with Gasteiger partial charge in [-0.1, -0.05) is 0 Å². The van der Waals surface area contributed by atoms with Gasteiger partial charge < -0.3 is 5.11 Å². The minimum absolute atomic E-state index is 0.0398. The van der Waals surface area contributed by atoms with Gasteiger partial charge in [0.05, 0.1) is 5.56 Å². The van der Waals surface area contributed by atoms with Crippen LogP contribution in [-0.4, -0.2) is 30.8 Å². The van der Waals surface area contributed by atoms with Gasteiger partial charge in [0.15, 0.2) is 5.16 Å². The maximum absolute atomic E-state index is 11.2. The van der Waals surface area contributed by atoms with Crippen LogP contribution >= 0.6 is 11.8 Å². The van der Waals surface area contributed by atoms with Crippen LogP contribution in [0.4, 0.5) is 0 Å². The first-order chi connectivity index (χ1) is 9.40. The zero-order valence-corrected chi connectivity index (χ0v) is 11.4. The molecule has 0 spiro atoms. The molecule has 0 aliphatic carbocycles. The average molecular weight is 294 g/mol. The Balaban J connectivity index is 2.54.